The number of aryl methyl sites for hydroxylation is 1. The van der Waals surface area contributed by atoms with Crippen LogP contribution >= 0.6 is 11.6 Å². The van der Waals surface area contributed by atoms with E-state index in [0.717, 1.165) is 31.0 Å². The van der Waals surface area contributed by atoms with Gasteiger partial charge in [0, 0.05) is 11.4 Å². The molecule has 2 N–H and O–H groups in total. The molecule has 3 aromatic rings. The fourth-order valence-electron chi connectivity index (χ4n) is 3.32. The number of para-hydroxylation sites is 2. The number of nitrogens with one attached hydrogen (secondary N) is 1. The first-order valence-electron chi connectivity index (χ1n) is 8.54. The van der Waals surface area contributed by atoms with Gasteiger partial charge in [0.15, 0.2) is 0 Å². The molecule has 0 unspecified atom stereocenters. The van der Waals surface area contributed by atoms with Gasteiger partial charge in [-0.3, -0.25) is 5.32 Å². The predicted octanol–water partition coefficient (Wildman–Crippen LogP) is 2.84. The lowest BCUT2D eigenvalue weighted by Crippen LogP contribution is -2.42. The molecule has 0 spiro atoms. The van der Waals surface area contributed by atoms with E-state index in [1.54, 1.807) is 24.3 Å². The van der Waals surface area contributed by atoms with E-state index in [9.17, 15) is 5.11 Å². The average Bonchev–Trinajstić information content (AvgIpc) is 2.96. The van der Waals surface area contributed by atoms with Crippen molar-refractivity contribution < 1.29 is 14.4 Å². The van der Waals surface area contributed by atoms with E-state index < -0.39 is 6.10 Å². The number of imidazole rings is 1. The van der Waals surface area contributed by atoms with Crippen molar-refractivity contribution in [2.24, 2.45) is 0 Å². The third kappa shape index (κ3) is 3.30. The Morgan fingerprint density at radius 3 is 2.84 bits per heavy atom. The van der Waals surface area contributed by atoms with Crippen molar-refractivity contribution in [2.45, 2.75) is 25.6 Å². The third-order valence-electron chi connectivity index (χ3n) is 4.47. The second-order valence-corrected chi connectivity index (χ2v) is 6.71. The number of hydrogen-bond acceptors (Lipinski definition) is 3. The molecule has 0 bridgehead atoms. The van der Waals surface area contributed by atoms with Crippen LogP contribution in [-0.2, 0) is 13.1 Å². The number of halogens is 1. The van der Waals surface area contributed by atoms with Gasteiger partial charge in [-0.05, 0) is 36.4 Å². The molecule has 1 aliphatic rings. The zero-order chi connectivity index (χ0) is 17.2. The summed E-state index contributed by atoms with van der Waals surface area (Å²) in [7, 11) is 0. The third-order valence-corrected chi connectivity index (χ3v) is 4.72. The topological polar surface area (TPSA) is 50.3 Å². The minimum atomic E-state index is -0.611. The van der Waals surface area contributed by atoms with Crippen molar-refractivity contribution in [3.63, 3.8) is 0 Å². The van der Waals surface area contributed by atoms with Crippen LogP contribution < -0.4 is 14.6 Å². The summed E-state index contributed by atoms with van der Waals surface area (Å²) >= 11 is 5.87. The molecule has 25 heavy (non-hydrogen) atoms. The molecule has 130 valence electrons. The normalized spacial score (nSPS) is 14.8. The van der Waals surface area contributed by atoms with Gasteiger partial charge in [-0.15, -0.1) is 0 Å². The van der Waals surface area contributed by atoms with Crippen LogP contribution in [0.2, 0.25) is 5.02 Å². The Kier molecular flexibility index (Phi) is 4.51. The molecular weight excluding hydrogens is 338 g/mol. The van der Waals surface area contributed by atoms with E-state index in [2.05, 4.69) is 32.7 Å². The van der Waals surface area contributed by atoms with Gasteiger partial charge < -0.3 is 9.84 Å². The molecule has 0 amide bonds. The summed E-state index contributed by atoms with van der Waals surface area (Å²) in [5, 5.41) is 14.6. The average molecular weight is 359 g/mol. The van der Waals surface area contributed by atoms with E-state index in [-0.39, 0.29) is 6.61 Å². The predicted molar refractivity (Wildman–Crippen MR) is 98.2 cm³/mol. The summed E-state index contributed by atoms with van der Waals surface area (Å²) in [6.07, 6.45) is 0.494. The summed E-state index contributed by atoms with van der Waals surface area (Å²) in [6.45, 7) is 2.65. The summed E-state index contributed by atoms with van der Waals surface area (Å²) in [4.78, 5) is 0. The summed E-state index contributed by atoms with van der Waals surface area (Å²) in [6, 6.07) is 15.5. The highest BCUT2D eigenvalue weighted by Crippen LogP contribution is 2.21. The standard InChI is InChI=1S/C19H20ClN3O2/c20-14-6-8-16(9-7-14)25-13-15(24)12-23-18-5-2-1-4-17(18)22-11-3-10-21-19(22)23/h1-2,4-9,15,24H,3,10-13H2/p+1/t15-/m0/s1. The van der Waals surface area contributed by atoms with E-state index >= 15 is 0 Å². The molecule has 1 aliphatic heterocycles. The molecule has 0 saturated carbocycles. The Morgan fingerprint density at radius 2 is 2.00 bits per heavy atom. The lowest BCUT2D eigenvalue weighted by atomic mass is 10.3. The number of hydrogen-bond donors (Lipinski definition) is 2. The maximum Gasteiger partial charge on any atom is 0.358 e. The van der Waals surface area contributed by atoms with Crippen molar-refractivity contribution in [2.75, 3.05) is 18.5 Å². The summed E-state index contributed by atoms with van der Waals surface area (Å²) < 4.78 is 10.1. The number of aliphatic hydroxyl groups excluding tert-OH is 1. The maximum absolute atomic E-state index is 10.5. The molecule has 4 rings (SSSR count). The number of aliphatic hydroxyl groups is 1. The largest absolute Gasteiger partial charge is 0.491 e. The van der Waals surface area contributed by atoms with E-state index in [1.807, 2.05) is 6.07 Å². The molecule has 6 heteroatoms. The van der Waals surface area contributed by atoms with Gasteiger partial charge in [-0.25, -0.2) is 9.13 Å². The first-order chi connectivity index (χ1) is 12.2. The first-order valence-corrected chi connectivity index (χ1v) is 8.91. The van der Waals surface area contributed by atoms with Gasteiger partial charge in [0.25, 0.3) is 0 Å². The molecule has 0 aliphatic carbocycles. The van der Waals surface area contributed by atoms with Crippen molar-refractivity contribution in [1.29, 1.82) is 0 Å². The van der Waals surface area contributed by atoms with Gasteiger partial charge in [-0.1, -0.05) is 23.7 Å². The number of aromatic nitrogens is 2. The lowest BCUT2D eigenvalue weighted by molar-refractivity contribution is -0.661. The Labute approximate surface area is 151 Å². The second kappa shape index (κ2) is 6.94. The number of ether oxygens (including phenoxy) is 1. The Morgan fingerprint density at radius 1 is 1.20 bits per heavy atom. The Bertz CT molecular complexity index is 876. The SMILES string of the molecule is O[C@H](COc1ccc(Cl)cc1)Cn1c2[n+](c3ccccc31)CCCN2. The highest BCUT2D eigenvalue weighted by Gasteiger charge is 2.27. The van der Waals surface area contributed by atoms with Crippen LogP contribution in [0.4, 0.5) is 5.95 Å². The second-order valence-electron chi connectivity index (χ2n) is 6.27. The highest BCUT2D eigenvalue weighted by molar-refractivity contribution is 6.30. The minimum Gasteiger partial charge on any atom is -0.491 e. The molecule has 5 nitrogen and oxygen atoms in total. The van der Waals surface area contributed by atoms with Gasteiger partial charge >= 0.3 is 5.95 Å². The zero-order valence-electron chi connectivity index (χ0n) is 13.9. The van der Waals surface area contributed by atoms with Gasteiger partial charge in [0.05, 0.1) is 13.1 Å². The summed E-state index contributed by atoms with van der Waals surface area (Å²) in [5.41, 5.74) is 2.31. The number of anilines is 1. The fourth-order valence-corrected chi connectivity index (χ4v) is 3.45. The number of rotatable bonds is 5. The van der Waals surface area contributed by atoms with Crippen molar-refractivity contribution >= 4 is 28.6 Å². The quantitative estimate of drug-likeness (QED) is 0.689. The Balaban J connectivity index is 1.53. The first kappa shape index (κ1) is 16.2. The van der Waals surface area contributed by atoms with Crippen molar-refractivity contribution in [3.8, 4) is 5.75 Å². The number of benzene rings is 2. The molecule has 2 aromatic carbocycles. The fraction of sp³-hybridized carbons (Fsp3) is 0.316. The van der Waals surface area contributed by atoms with E-state index in [1.165, 1.54) is 5.52 Å². The monoisotopic (exact) mass is 358 g/mol. The number of fused-ring (bicyclic) bond motifs is 3. The van der Waals surface area contributed by atoms with Crippen LogP contribution in [0.15, 0.2) is 48.5 Å². The minimum absolute atomic E-state index is 0.230. The van der Waals surface area contributed by atoms with Crippen LogP contribution in [-0.4, -0.2) is 28.9 Å². The Hall–Kier alpha value is -2.24. The molecule has 0 saturated heterocycles. The molecule has 0 fully saturated rings. The molecule has 0 radical (unpaired) electrons. The van der Waals surface area contributed by atoms with Crippen molar-refractivity contribution in [3.05, 3.63) is 53.6 Å². The molecule has 2 heterocycles. The van der Waals surface area contributed by atoms with Gasteiger partial charge in [0.1, 0.15) is 36.0 Å². The van der Waals surface area contributed by atoms with Crippen molar-refractivity contribution in [1.82, 2.24) is 4.57 Å². The zero-order valence-corrected chi connectivity index (χ0v) is 14.6. The van der Waals surface area contributed by atoms with Crippen LogP contribution in [0.25, 0.3) is 11.0 Å². The summed E-state index contributed by atoms with van der Waals surface area (Å²) in [5.74, 6) is 1.76. The maximum atomic E-state index is 10.5. The van der Waals surface area contributed by atoms with Gasteiger partial charge in [0.2, 0.25) is 0 Å². The van der Waals surface area contributed by atoms with E-state index in [4.69, 9.17) is 16.3 Å². The highest BCUT2D eigenvalue weighted by atomic mass is 35.5. The molecular formula is C19H21ClN3O2+. The molecule has 1 atom stereocenters. The van der Waals surface area contributed by atoms with Crippen LogP contribution in [0.3, 0.4) is 0 Å². The van der Waals surface area contributed by atoms with Crippen LogP contribution in [0.5, 0.6) is 5.75 Å². The smallest absolute Gasteiger partial charge is 0.358 e. The lowest BCUT2D eigenvalue weighted by Gasteiger charge is -2.15. The van der Waals surface area contributed by atoms with E-state index in [0.29, 0.717) is 17.3 Å². The van der Waals surface area contributed by atoms with Gasteiger partial charge in [-0.2, -0.15) is 0 Å². The number of nitrogens with zero attached hydrogens (tertiary/aromatic N) is 2. The van der Waals surface area contributed by atoms with Crippen LogP contribution in [0.1, 0.15) is 6.42 Å². The van der Waals surface area contributed by atoms with Crippen LogP contribution in [0, 0.1) is 0 Å². The molecule has 1 aromatic heterocycles.